The molecule has 0 aliphatic heterocycles. The molecule has 114 valence electrons. The first kappa shape index (κ1) is 18.2. The highest BCUT2D eigenvalue weighted by Gasteiger charge is 2.15. The van der Waals surface area contributed by atoms with Gasteiger partial charge in [-0.3, -0.25) is 5.32 Å². The van der Waals surface area contributed by atoms with E-state index < -0.39 is 0 Å². The average molecular weight is 274 g/mol. The summed E-state index contributed by atoms with van der Waals surface area (Å²) in [5.74, 6) is 0.727. The largest absolute Gasteiger partial charge is 0.396 e. The minimum Gasteiger partial charge on any atom is -0.396 e. The first-order valence-electron chi connectivity index (χ1n) is 6.68. The van der Waals surface area contributed by atoms with Crippen molar-refractivity contribution in [1.82, 2.24) is 15.5 Å². The molecule has 2 unspecified atom stereocenters. The summed E-state index contributed by atoms with van der Waals surface area (Å²) in [6.45, 7) is 5.62. The molecule has 0 aromatic heterocycles. The van der Waals surface area contributed by atoms with E-state index in [0.717, 1.165) is 17.9 Å². The first-order valence-corrected chi connectivity index (χ1v) is 6.68. The molecule has 5 N–H and O–H groups in total. The number of likely N-dealkylation sites (N-methyl/N-ethyl adjacent to an activating group) is 1. The van der Waals surface area contributed by atoms with Crippen molar-refractivity contribution in [2.45, 2.75) is 32.5 Å². The zero-order chi connectivity index (χ0) is 14.8. The molecule has 0 aliphatic rings. The predicted molar refractivity (Wildman–Crippen MR) is 78.5 cm³/mol. The second-order valence-corrected chi connectivity index (χ2v) is 4.81. The van der Waals surface area contributed by atoms with Gasteiger partial charge in [-0.1, -0.05) is 0 Å². The van der Waals surface area contributed by atoms with Gasteiger partial charge in [0.1, 0.15) is 5.82 Å². The minimum atomic E-state index is 0.00160. The predicted octanol–water partition coefficient (Wildman–Crippen LogP) is -0.339. The monoisotopic (exact) mass is 274 g/mol. The van der Waals surface area contributed by atoms with Crippen LogP contribution in [0.2, 0.25) is 0 Å². The topological polar surface area (TPSA) is 82.8 Å². The second-order valence-electron chi connectivity index (χ2n) is 4.81. The van der Waals surface area contributed by atoms with Crippen molar-refractivity contribution in [1.29, 1.82) is 0 Å². The summed E-state index contributed by atoms with van der Waals surface area (Å²) in [7, 11) is 5.51. The van der Waals surface area contributed by atoms with Crippen LogP contribution in [0.4, 0.5) is 0 Å². The summed E-state index contributed by atoms with van der Waals surface area (Å²) in [5, 5.41) is 15.5. The highest BCUT2D eigenvalue weighted by atomic mass is 16.5. The van der Waals surface area contributed by atoms with Crippen LogP contribution in [0.5, 0.6) is 0 Å². The fraction of sp³-hybridized carbons (Fsp3) is 0.846. The molecule has 0 rings (SSSR count). The number of ether oxygens (including phenoxy) is 1. The lowest BCUT2D eigenvalue weighted by atomic mass is 10.2. The van der Waals surface area contributed by atoms with E-state index in [1.54, 1.807) is 7.11 Å². The van der Waals surface area contributed by atoms with Gasteiger partial charge in [0.25, 0.3) is 0 Å². The van der Waals surface area contributed by atoms with Crippen LogP contribution in [0.1, 0.15) is 20.3 Å². The molecule has 19 heavy (non-hydrogen) atoms. The van der Waals surface area contributed by atoms with E-state index in [-0.39, 0.29) is 18.8 Å². The number of nitrogens with one attached hydrogen (secondary N) is 2. The molecule has 0 aromatic rings. The summed E-state index contributed by atoms with van der Waals surface area (Å²) in [5.41, 5.74) is 7.17. The Labute approximate surface area is 117 Å². The Bertz CT molecular complexity index is 271. The number of methoxy groups -OCH3 is 1. The third kappa shape index (κ3) is 6.77. The van der Waals surface area contributed by atoms with Crippen molar-refractivity contribution >= 4 is 0 Å². The van der Waals surface area contributed by atoms with Crippen molar-refractivity contribution in [2.24, 2.45) is 5.73 Å². The van der Waals surface area contributed by atoms with Gasteiger partial charge in [-0.15, -0.1) is 0 Å². The number of rotatable bonds is 10. The highest BCUT2D eigenvalue weighted by Crippen LogP contribution is 2.07. The van der Waals surface area contributed by atoms with Gasteiger partial charge < -0.3 is 25.8 Å². The van der Waals surface area contributed by atoms with E-state index in [1.165, 1.54) is 0 Å². The number of aliphatic hydroxyl groups is 1. The third-order valence-corrected chi connectivity index (χ3v) is 3.06. The van der Waals surface area contributed by atoms with Crippen molar-refractivity contribution in [3.8, 4) is 0 Å². The minimum absolute atomic E-state index is 0.00160. The van der Waals surface area contributed by atoms with E-state index in [4.69, 9.17) is 15.6 Å². The highest BCUT2D eigenvalue weighted by molar-refractivity contribution is 5.13. The van der Waals surface area contributed by atoms with Gasteiger partial charge in [0.15, 0.2) is 0 Å². The quantitative estimate of drug-likeness (QED) is 0.408. The first-order chi connectivity index (χ1) is 8.97. The molecule has 0 fully saturated rings. The van der Waals surface area contributed by atoms with Crippen LogP contribution in [-0.2, 0) is 4.74 Å². The normalized spacial score (nSPS) is 15.9. The SMILES string of the molecule is CNC(NC(C)COC)/C(C)=C(\N)N(C)CCCO. The fourth-order valence-corrected chi connectivity index (χ4v) is 1.88. The zero-order valence-electron chi connectivity index (χ0n) is 12.9. The molecular formula is C13H30N4O2. The molecule has 0 aromatic carbocycles. The third-order valence-electron chi connectivity index (χ3n) is 3.06. The number of aliphatic hydroxyl groups excluding tert-OH is 1. The lowest BCUT2D eigenvalue weighted by Crippen LogP contribution is -2.48. The van der Waals surface area contributed by atoms with E-state index in [1.807, 2.05) is 25.9 Å². The van der Waals surface area contributed by atoms with E-state index >= 15 is 0 Å². The lowest BCUT2D eigenvalue weighted by molar-refractivity contribution is 0.166. The van der Waals surface area contributed by atoms with Crippen LogP contribution in [0.3, 0.4) is 0 Å². The van der Waals surface area contributed by atoms with Crippen molar-refractivity contribution < 1.29 is 9.84 Å². The fourth-order valence-electron chi connectivity index (χ4n) is 1.88. The molecule has 2 atom stereocenters. The molecule has 6 heteroatoms. The van der Waals surface area contributed by atoms with Gasteiger partial charge in [-0.25, -0.2) is 0 Å². The Hall–Kier alpha value is -0.820. The van der Waals surface area contributed by atoms with Crippen molar-refractivity contribution in [2.75, 3.05) is 41.0 Å². The second kappa shape index (κ2) is 10.0. The van der Waals surface area contributed by atoms with Crippen LogP contribution >= 0.6 is 0 Å². The van der Waals surface area contributed by atoms with Crippen LogP contribution in [0.15, 0.2) is 11.4 Å². The Morgan fingerprint density at radius 2 is 2.11 bits per heavy atom. The summed E-state index contributed by atoms with van der Waals surface area (Å²) in [4.78, 5) is 1.96. The molecule has 0 spiro atoms. The summed E-state index contributed by atoms with van der Waals surface area (Å²) in [6, 6.07) is 0.230. The smallest absolute Gasteiger partial charge is 0.100 e. The molecule has 0 saturated carbocycles. The molecule has 0 bridgehead atoms. The Morgan fingerprint density at radius 3 is 2.58 bits per heavy atom. The van der Waals surface area contributed by atoms with Crippen molar-refractivity contribution in [3.63, 3.8) is 0 Å². The number of nitrogens with two attached hydrogens (primary N) is 1. The standard InChI is InChI=1S/C13H30N4O2/c1-10(9-19-5)16-13(15-3)11(2)12(14)17(4)7-6-8-18/h10,13,15-16,18H,6-9,14H2,1-5H3/b12-11+. The Balaban J connectivity index is 4.64. The average Bonchev–Trinajstić information content (AvgIpc) is 2.40. The van der Waals surface area contributed by atoms with Crippen LogP contribution in [0.25, 0.3) is 0 Å². The van der Waals surface area contributed by atoms with Gasteiger partial charge in [0.2, 0.25) is 0 Å². The number of hydrogen-bond donors (Lipinski definition) is 4. The van der Waals surface area contributed by atoms with Gasteiger partial charge in [0.05, 0.1) is 12.8 Å². The maximum atomic E-state index is 8.85. The maximum Gasteiger partial charge on any atom is 0.100 e. The van der Waals surface area contributed by atoms with E-state index in [2.05, 4.69) is 17.6 Å². The van der Waals surface area contributed by atoms with Crippen LogP contribution < -0.4 is 16.4 Å². The Morgan fingerprint density at radius 1 is 1.47 bits per heavy atom. The zero-order valence-corrected chi connectivity index (χ0v) is 12.9. The maximum absolute atomic E-state index is 8.85. The molecular weight excluding hydrogens is 244 g/mol. The molecule has 0 saturated heterocycles. The summed E-state index contributed by atoms with van der Waals surface area (Å²) < 4.78 is 5.11. The van der Waals surface area contributed by atoms with Crippen LogP contribution in [0, 0.1) is 0 Å². The van der Waals surface area contributed by atoms with Gasteiger partial charge in [-0.2, -0.15) is 0 Å². The number of nitrogens with zero attached hydrogens (tertiary/aromatic N) is 1. The van der Waals surface area contributed by atoms with Gasteiger partial charge in [-0.05, 0) is 32.9 Å². The molecule has 6 nitrogen and oxygen atoms in total. The molecule has 0 amide bonds. The number of hydrogen-bond acceptors (Lipinski definition) is 6. The van der Waals surface area contributed by atoms with E-state index in [9.17, 15) is 0 Å². The van der Waals surface area contributed by atoms with E-state index in [0.29, 0.717) is 13.0 Å². The van der Waals surface area contributed by atoms with Crippen molar-refractivity contribution in [3.05, 3.63) is 11.4 Å². The van der Waals surface area contributed by atoms with Crippen LogP contribution in [-0.4, -0.2) is 63.2 Å². The van der Waals surface area contributed by atoms with Gasteiger partial charge >= 0.3 is 0 Å². The molecule has 0 aliphatic carbocycles. The summed E-state index contributed by atoms with van der Waals surface area (Å²) >= 11 is 0. The lowest BCUT2D eigenvalue weighted by Gasteiger charge is -2.28. The molecule has 0 heterocycles. The summed E-state index contributed by atoms with van der Waals surface area (Å²) in [6.07, 6.45) is 0.712. The Kier molecular flexibility index (Phi) is 9.59. The molecule has 0 radical (unpaired) electrons. The van der Waals surface area contributed by atoms with Gasteiger partial charge in [0, 0.05) is 33.4 Å².